The molecule has 0 atom stereocenters. The molecular weight excluding hydrogens is 451 g/mol. The van der Waals surface area contributed by atoms with Gasteiger partial charge in [0.25, 0.3) is 0 Å². The molecule has 0 aliphatic carbocycles. The number of carbonyl (C=O) groups excluding carboxylic acids is 1. The number of furan rings is 1. The zero-order chi connectivity index (χ0) is 24.8. The number of ether oxygens (including phenoxy) is 3. The minimum Gasteiger partial charge on any atom is -0.489 e. The first kappa shape index (κ1) is 24.4. The van der Waals surface area contributed by atoms with Crippen molar-refractivity contribution in [3.05, 3.63) is 83.1 Å². The molecule has 2 N–H and O–H groups in total. The van der Waals surface area contributed by atoms with Crippen molar-refractivity contribution in [1.82, 2.24) is 4.98 Å². The molecule has 0 radical (unpaired) electrons. The van der Waals surface area contributed by atoms with Gasteiger partial charge in [-0.25, -0.2) is 4.39 Å². The lowest BCUT2D eigenvalue weighted by molar-refractivity contribution is -0.142. The van der Waals surface area contributed by atoms with E-state index < -0.39 is 11.8 Å². The normalized spacial score (nSPS) is 11.1. The molecule has 0 fully saturated rings. The third kappa shape index (κ3) is 5.85. The third-order valence-electron chi connectivity index (χ3n) is 5.41. The molecule has 2 aromatic heterocycles. The minimum atomic E-state index is -0.446. The van der Waals surface area contributed by atoms with Gasteiger partial charge in [-0.1, -0.05) is 0 Å². The quantitative estimate of drug-likeness (QED) is 0.323. The molecule has 2 heterocycles. The van der Waals surface area contributed by atoms with Gasteiger partial charge in [-0.15, -0.1) is 0 Å². The van der Waals surface area contributed by atoms with E-state index in [0.29, 0.717) is 30.2 Å². The average Bonchev–Trinajstić information content (AvgIpc) is 3.26. The number of nitrogens with zero attached hydrogens (tertiary/aromatic N) is 1. The second kappa shape index (κ2) is 11.1. The summed E-state index contributed by atoms with van der Waals surface area (Å²) >= 11 is 0. The average molecular weight is 479 g/mol. The van der Waals surface area contributed by atoms with Gasteiger partial charge in [0.15, 0.2) is 0 Å². The molecule has 0 unspecified atom stereocenters. The van der Waals surface area contributed by atoms with E-state index in [1.54, 1.807) is 20.2 Å². The third-order valence-corrected chi connectivity index (χ3v) is 5.41. The van der Waals surface area contributed by atoms with Crippen LogP contribution in [0, 0.1) is 5.82 Å². The summed E-state index contributed by atoms with van der Waals surface area (Å²) in [4.78, 5) is 16.3. The van der Waals surface area contributed by atoms with Crippen LogP contribution in [0.3, 0.4) is 0 Å². The first-order valence-corrected chi connectivity index (χ1v) is 11.3. The van der Waals surface area contributed by atoms with Gasteiger partial charge in [-0.2, -0.15) is 0 Å². The summed E-state index contributed by atoms with van der Waals surface area (Å²) in [5, 5.41) is 0.894. The molecule has 0 aliphatic heterocycles. The molecule has 35 heavy (non-hydrogen) atoms. The van der Waals surface area contributed by atoms with Crippen LogP contribution in [0.5, 0.6) is 5.75 Å². The van der Waals surface area contributed by atoms with E-state index in [0.717, 1.165) is 33.4 Å². The van der Waals surface area contributed by atoms with Crippen LogP contribution in [0.15, 0.2) is 59.1 Å². The number of aromatic nitrogens is 1. The van der Waals surface area contributed by atoms with Crippen LogP contribution in [0.4, 0.5) is 4.39 Å². The second-order valence-electron chi connectivity index (χ2n) is 7.97. The number of hydrogen-bond acceptors (Lipinski definition) is 7. The van der Waals surface area contributed by atoms with Gasteiger partial charge in [0.1, 0.15) is 36.1 Å². The van der Waals surface area contributed by atoms with E-state index in [4.69, 9.17) is 24.4 Å². The summed E-state index contributed by atoms with van der Waals surface area (Å²) in [6.07, 6.45) is 1.64. The summed E-state index contributed by atoms with van der Waals surface area (Å²) in [5.74, 6) is 0.231. The number of benzene rings is 2. The van der Waals surface area contributed by atoms with Gasteiger partial charge in [-0.05, 0) is 66.6 Å². The van der Waals surface area contributed by atoms with Gasteiger partial charge in [-0.3, -0.25) is 9.78 Å². The maximum Gasteiger partial charge on any atom is 0.310 e. The Hall–Kier alpha value is -3.75. The second-order valence-corrected chi connectivity index (χ2v) is 7.97. The lowest BCUT2D eigenvalue weighted by Crippen LogP contribution is -2.09. The fourth-order valence-corrected chi connectivity index (χ4v) is 3.89. The lowest BCUT2D eigenvalue weighted by atomic mass is 10.0. The van der Waals surface area contributed by atoms with Gasteiger partial charge >= 0.3 is 5.97 Å². The number of methoxy groups -OCH3 is 1. The summed E-state index contributed by atoms with van der Waals surface area (Å²) in [6, 6.07) is 13.8. The Morgan fingerprint density at radius 2 is 1.97 bits per heavy atom. The van der Waals surface area contributed by atoms with Crippen LogP contribution in [-0.2, 0) is 40.4 Å². The van der Waals surface area contributed by atoms with Crippen molar-refractivity contribution in [3.63, 3.8) is 0 Å². The van der Waals surface area contributed by atoms with Crippen LogP contribution >= 0.6 is 0 Å². The van der Waals surface area contributed by atoms with E-state index in [-0.39, 0.29) is 19.6 Å². The van der Waals surface area contributed by atoms with Crippen molar-refractivity contribution < 1.29 is 27.8 Å². The van der Waals surface area contributed by atoms with Crippen LogP contribution in [-0.4, -0.2) is 24.7 Å². The maximum absolute atomic E-state index is 13.8. The molecule has 0 amide bonds. The summed E-state index contributed by atoms with van der Waals surface area (Å²) in [6.45, 7) is 2.84. The smallest absolute Gasteiger partial charge is 0.310 e. The van der Waals surface area contributed by atoms with Gasteiger partial charge in [0.2, 0.25) is 0 Å². The van der Waals surface area contributed by atoms with Gasteiger partial charge in [0, 0.05) is 36.4 Å². The fourth-order valence-electron chi connectivity index (χ4n) is 3.89. The Morgan fingerprint density at radius 3 is 2.74 bits per heavy atom. The lowest BCUT2D eigenvalue weighted by Gasteiger charge is -2.13. The SMILES string of the molecule is CCOC(=O)Cc1cc(F)ccc1OCc1cc(-c2ccnc(CN)c2)c2oc(COC)cc2c1. The van der Waals surface area contributed by atoms with Crippen molar-refractivity contribution in [3.8, 4) is 16.9 Å². The molecular formula is C27H27FN2O5. The molecule has 0 spiro atoms. The van der Waals surface area contributed by atoms with Crippen molar-refractivity contribution in [2.75, 3.05) is 13.7 Å². The minimum absolute atomic E-state index is 0.0772. The number of halogens is 1. The molecule has 182 valence electrons. The maximum atomic E-state index is 13.8. The highest BCUT2D eigenvalue weighted by molar-refractivity contribution is 5.93. The van der Waals surface area contributed by atoms with Crippen LogP contribution in [0.2, 0.25) is 0 Å². The van der Waals surface area contributed by atoms with E-state index in [1.165, 1.54) is 18.2 Å². The largest absolute Gasteiger partial charge is 0.489 e. The zero-order valence-corrected chi connectivity index (χ0v) is 19.7. The van der Waals surface area contributed by atoms with E-state index in [2.05, 4.69) is 4.98 Å². The van der Waals surface area contributed by atoms with Crippen molar-refractivity contribution >= 4 is 16.9 Å². The van der Waals surface area contributed by atoms with E-state index >= 15 is 0 Å². The first-order valence-electron chi connectivity index (χ1n) is 11.3. The molecule has 0 bridgehead atoms. The van der Waals surface area contributed by atoms with Crippen LogP contribution in [0.1, 0.15) is 29.5 Å². The Balaban J connectivity index is 1.68. The Labute approximate surface area is 202 Å². The number of rotatable bonds is 10. The van der Waals surface area contributed by atoms with Crippen LogP contribution in [0.25, 0.3) is 22.1 Å². The molecule has 0 aliphatic rings. The van der Waals surface area contributed by atoms with Crippen molar-refractivity contribution in [2.45, 2.75) is 33.1 Å². The molecule has 0 saturated carbocycles. The molecule has 4 aromatic rings. The highest BCUT2D eigenvalue weighted by Gasteiger charge is 2.15. The Morgan fingerprint density at radius 1 is 1.11 bits per heavy atom. The topological polar surface area (TPSA) is 96.8 Å². The molecule has 4 rings (SSSR count). The molecule has 7 nitrogen and oxygen atoms in total. The monoisotopic (exact) mass is 478 g/mol. The summed E-state index contributed by atoms with van der Waals surface area (Å²) in [7, 11) is 1.61. The highest BCUT2D eigenvalue weighted by Crippen LogP contribution is 2.34. The van der Waals surface area contributed by atoms with Gasteiger partial charge in [0.05, 0.1) is 18.7 Å². The standard InChI is InChI=1S/C27H27FN2O5/c1-3-33-26(31)13-19-10-21(28)4-5-25(19)34-15-17-8-20-12-23(16-32-2)35-27(20)24(9-17)18-6-7-30-22(11-18)14-29/h4-12H,3,13-16,29H2,1-2H3. The van der Waals surface area contributed by atoms with Crippen LogP contribution < -0.4 is 10.5 Å². The number of esters is 1. The zero-order valence-electron chi connectivity index (χ0n) is 19.7. The summed E-state index contributed by atoms with van der Waals surface area (Å²) in [5.41, 5.74) is 10.4. The number of pyridine rings is 1. The Bertz CT molecular complexity index is 1330. The first-order chi connectivity index (χ1) is 17.0. The predicted octanol–water partition coefficient (Wildman–Crippen LogP) is 4.92. The van der Waals surface area contributed by atoms with Crippen molar-refractivity contribution in [1.29, 1.82) is 0 Å². The number of nitrogens with two attached hydrogens (primary N) is 1. The molecule has 8 heteroatoms. The van der Waals surface area contributed by atoms with E-state index in [1.807, 2.05) is 30.3 Å². The van der Waals surface area contributed by atoms with E-state index in [9.17, 15) is 9.18 Å². The highest BCUT2D eigenvalue weighted by atomic mass is 19.1. The fraction of sp³-hybridized carbons (Fsp3) is 0.259. The summed E-state index contributed by atoms with van der Waals surface area (Å²) < 4.78 is 36.2. The molecule has 0 saturated heterocycles. The molecule has 2 aromatic carbocycles. The van der Waals surface area contributed by atoms with Gasteiger partial charge < -0.3 is 24.4 Å². The number of hydrogen-bond donors (Lipinski definition) is 1. The Kier molecular flexibility index (Phi) is 7.74. The van der Waals surface area contributed by atoms with Crippen molar-refractivity contribution in [2.24, 2.45) is 5.73 Å². The predicted molar refractivity (Wildman–Crippen MR) is 129 cm³/mol. The number of carbonyl (C=O) groups is 1. The number of fused-ring (bicyclic) bond motifs is 1.